The van der Waals surface area contributed by atoms with Gasteiger partial charge in [0.15, 0.2) is 12.7 Å². The van der Waals surface area contributed by atoms with Gasteiger partial charge in [0.05, 0.1) is 35.2 Å². The summed E-state index contributed by atoms with van der Waals surface area (Å²) in [4.78, 5) is 52.3. The second kappa shape index (κ2) is 12.2. The molecule has 3 aliphatic rings. The number of piperazine rings is 1. The minimum atomic E-state index is -1.52. The normalized spacial score (nSPS) is 17.9. The van der Waals surface area contributed by atoms with Crippen LogP contribution in [0.2, 0.25) is 0 Å². The number of carbonyl (C=O) groups is 2. The smallest absolute Gasteiger partial charge is 0.340 e. The van der Waals surface area contributed by atoms with E-state index < -0.39 is 12.1 Å². The molecule has 0 radical (unpaired) electrons. The van der Waals surface area contributed by atoms with Crippen molar-refractivity contribution in [3.63, 3.8) is 0 Å². The van der Waals surface area contributed by atoms with E-state index in [1.54, 1.807) is 21.7 Å². The predicted molar refractivity (Wildman–Crippen MR) is 154 cm³/mol. The summed E-state index contributed by atoms with van der Waals surface area (Å²) in [6.45, 7) is 10.2. The molecule has 0 saturated carbocycles. The van der Waals surface area contributed by atoms with Gasteiger partial charge in [-0.3, -0.25) is 14.5 Å². The van der Waals surface area contributed by atoms with Crippen LogP contribution < -0.4 is 5.56 Å². The van der Waals surface area contributed by atoms with Crippen LogP contribution in [0.4, 0.5) is 0 Å². The summed E-state index contributed by atoms with van der Waals surface area (Å²) in [7, 11) is 0. The zero-order valence-corrected chi connectivity index (χ0v) is 23.6. The molecule has 1 N–H and O–H groups in total. The molecule has 1 unspecified atom stereocenters. The number of rotatable bonds is 6. The first kappa shape index (κ1) is 28.4. The number of carbonyl (C=O) groups excluding carboxylic acids is 2. The fourth-order valence-electron chi connectivity index (χ4n) is 5.56. The number of aliphatic hydroxyl groups is 1. The average molecular weight is 562 g/mol. The van der Waals surface area contributed by atoms with Gasteiger partial charge >= 0.3 is 5.97 Å². The first-order chi connectivity index (χ1) is 20.0. The third-order valence-corrected chi connectivity index (χ3v) is 7.62. The molecular weight excluding hydrogens is 526 g/mol. The Morgan fingerprint density at radius 1 is 1.17 bits per heavy atom. The van der Waals surface area contributed by atoms with E-state index in [4.69, 9.17) is 14.6 Å². The molecular formula is C30H35N5O6. The van der Waals surface area contributed by atoms with E-state index >= 15 is 0 Å². The van der Waals surface area contributed by atoms with Gasteiger partial charge in [-0.05, 0) is 25.1 Å². The van der Waals surface area contributed by atoms with Crippen LogP contribution >= 0.6 is 0 Å². The highest BCUT2D eigenvalue weighted by molar-refractivity contribution is 6.02. The molecule has 11 nitrogen and oxygen atoms in total. The van der Waals surface area contributed by atoms with Gasteiger partial charge in [-0.2, -0.15) is 0 Å². The number of amides is 1. The maximum absolute atomic E-state index is 13.3. The summed E-state index contributed by atoms with van der Waals surface area (Å²) in [6, 6.07) is 9.18. The quantitative estimate of drug-likeness (QED) is 0.216. The van der Waals surface area contributed by atoms with E-state index in [2.05, 4.69) is 17.0 Å². The number of esters is 1. The van der Waals surface area contributed by atoms with E-state index in [-0.39, 0.29) is 42.4 Å². The van der Waals surface area contributed by atoms with Gasteiger partial charge in [0.25, 0.3) is 11.5 Å². The minimum Gasteiger partial charge on any atom is -0.458 e. The number of hydrogen-bond acceptors (Lipinski definition) is 9. The second-order valence-electron chi connectivity index (χ2n) is 9.97. The lowest BCUT2D eigenvalue weighted by Gasteiger charge is -2.34. The highest BCUT2D eigenvalue weighted by Crippen LogP contribution is 2.37. The Bertz CT molecular complexity index is 1560. The van der Waals surface area contributed by atoms with Gasteiger partial charge in [0, 0.05) is 48.3 Å². The van der Waals surface area contributed by atoms with E-state index in [0.29, 0.717) is 30.0 Å². The van der Waals surface area contributed by atoms with Gasteiger partial charge < -0.3 is 24.1 Å². The number of aliphatic hydroxyl groups excluding tert-OH is 1. The van der Waals surface area contributed by atoms with Crippen LogP contribution in [0.5, 0.6) is 0 Å². The van der Waals surface area contributed by atoms with E-state index in [1.165, 1.54) is 0 Å². The molecule has 1 amide bonds. The molecule has 2 aromatic heterocycles. The molecule has 11 heteroatoms. The summed E-state index contributed by atoms with van der Waals surface area (Å²) in [5.41, 5.74) is 3.44. The molecule has 3 aliphatic heterocycles. The molecule has 6 rings (SSSR count). The van der Waals surface area contributed by atoms with Crippen LogP contribution in [0.15, 0.2) is 40.3 Å². The average Bonchev–Trinajstić information content (AvgIpc) is 3.37. The van der Waals surface area contributed by atoms with Gasteiger partial charge in [-0.1, -0.05) is 44.1 Å². The standard InChI is InChI=1S/C28H29N5O6.C2H6/c1-2-7-31-8-10-32(11-9-31)24(34)16-39-29-13-19-17-5-3-4-6-22(17)30-25-20(19)14-33-23(25)12-18-21(27(33)36)15-38-28(37)26(18)35;1-2/h3-6,12-13,26,35H,2,7-11,14-16H2,1H3;1-2H3/b29-13+;. The van der Waals surface area contributed by atoms with Crippen molar-refractivity contribution in [3.05, 3.63) is 62.9 Å². The van der Waals surface area contributed by atoms with Crippen molar-refractivity contribution in [1.82, 2.24) is 19.4 Å². The van der Waals surface area contributed by atoms with Gasteiger partial charge in [-0.25, -0.2) is 9.78 Å². The zero-order valence-electron chi connectivity index (χ0n) is 23.6. The monoisotopic (exact) mass is 561 g/mol. The Hall–Kier alpha value is -4.09. The molecule has 1 fully saturated rings. The number of aromatic nitrogens is 2. The van der Waals surface area contributed by atoms with Crippen molar-refractivity contribution < 1.29 is 24.3 Å². The number of cyclic esters (lactones) is 1. The third kappa shape index (κ3) is 5.34. The van der Waals surface area contributed by atoms with Gasteiger partial charge in [-0.15, -0.1) is 0 Å². The maximum Gasteiger partial charge on any atom is 0.340 e. The van der Waals surface area contributed by atoms with Crippen molar-refractivity contribution in [2.45, 2.75) is 46.4 Å². The summed E-state index contributed by atoms with van der Waals surface area (Å²) in [5, 5.41) is 15.3. The molecule has 5 heterocycles. The Labute approximate surface area is 238 Å². The van der Waals surface area contributed by atoms with Crippen molar-refractivity contribution in [3.8, 4) is 11.4 Å². The Balaban J connectivity index is 0.00000165. The number of oxime groups is 1. The van der Waals surface area contributed by atoms with Crippen LogP contribution in [0, 0.1) is 0 Å². The number of nitrogens with zero attached hydrogens (tertiary/aromatic N) is 5. The van der Waals surface area contributed by atoms with E-state index in [9.17, 15) is 19.5 Å². The van der Waals surface area contributed by atoms with Gasteiger partial charge in [0.2, 0.25) is 0 Å². The maximum atomic E-state index is 13.3. The Kier molecular flexibility index (Phi) is 8.46. The predicted octanol–water partition coefficient (Wildman–Crippen LogP) is 2.45. The Morgan fingerprint density at radius 2 is 1.93 bits per heavy atom. The highest BCUT2D eigenvalue weighted by atomic mass is 16.6. The number of ether oxygens (including phenoxy) is 1. The molecule has 0 bridgehead atoms. The third-order valence-electron chi connectivity index (χ3n) is 7.62. The van der Waals surface area contributed by atoms with Gasteiger partial charge in [0.1, 0.15) is 6.61 Å². The topological polar surface area (TPSA) is 127 Å². The molecule has 0 aliphatic carbocycles. The summed E-state index contributed by atoms with van der Waals surface area (Å²) >= 11 is 0. The van der Waals surface area contributed by atoms with E-state index in [1.807, 2.05) is 38.1 Å². The zero-order chi connectivity index (χ0) is 29.1. The molecule has 0 spiro atoms. The number of pyridine rings is 2. The molecule has 1 aromatic carbocycles. The Morgan fingerprint density at radius 3 is 2.68 bits per heavy atom. The van der Waals surface area contributed by atoms with Crippen LogP contribution in [-0.4, -0.2) is 81.9 Å². The van der Waals surface area contributed by atoms with Crippen molar-refractivity contribution in [1.29, 1.82) is 0 Å². The van der Waals surface area contributed by atoms with Crippen molar-refractivity contribution >= 4 is 29.0 Å². The van der Waals surface area contributed by atoms with Crippen LogP contribution in [0.1, 0.15) is 55.5 Å². The molecule has 216 valence electrons. The van der Waals surface area contributed by atoms with Crippen molar-refractivity contribution in [2.75, 3.05) is 39.3 Å². The summed E-state index contributed by atoms with van der Waals surface area (Å²) < 4.78 is 6.55. The highest BCUT2D eigenvalue weighted by Gasteiger charge is 2.34. The van der Waals surface area contributed by atoms with Crippen LogP contribution in [0.3, 0.4) is 0 Å². The first-order valence-electron chi connectivity index (χ1n) is 14.1. The lowest BCUT2D eigenvalue weighted by atomic mass is 9.99. The first-order valence-corrected chi connectivity index (χ1v) is 14.1. The molecule has 3 aromatic rings. The lowest BCUT2D eigenvalue weighted by molar-refractivity contribution is -0.157. The second-order valence-corrected chi connectivity index (χ2v) is 9.97. The SMILES string of the molecule is CC.CCCN1CCN(C(=O)CO/N=C/c2c3c(nc4ccccc24)-c2cc4c(c(=O)n2C3)COC(=O)C4O)CC1. The molecule has 1 atom stereocenters. The number of fused-ring (bicyclic) bond motifs is 5. The number of hydrogen-bond donors (Lipinski definition) is 1. The summed E-state index contributed by atoms with van der Waals surface area (Å²) in [6.07, 6.45) is 1.14. The van der Waals surface area contributed by atoms with Crippen LogP contribution in [0.25, 0.3) is 22.3 Å². The number of benzene rings is 1. The molecule has 41 heavy (non-hydrogen) atoms. The summed E-state index contributed by atoms with van der Waals surface area (Å²) in [5.74, 6) is -0.883. The minimum absolute atomic E-state index is 0.104. The fraction of sp³-hybridized carbons (Fsp3) is 0.433. The number of para-hydroxylation sites is 1. The largest absolute Gasteiger partial charge is 0.458 e. The van der Waals surface area contributed by atoms with Crippen LogP contribution in [-0.2, 0) is 32.3 Å². The van der Waals surface area contributed by atoms with E-state index in [0.717, 1.165) is 42.6 Å². The fourth-order valence-corrected chi connectivity index (χ4v) is 5.56. The lowest BCUT2D eigenvalue weighted by Crippen LogP contribution is -2.49. The van der Waals surface area contributed by atoms with Crippen molar-refractivity contribution in [2.24, 2.45) is 5.16 Å². The molecule has 1 saturated heterocycles.